The van der Waals surface area contributed by atoms with Crippen molar-refractivity contribution in [1.82, 2.24) is 20.0 Å². The van der Waals surface area contributed by atoms with E-state index in [1.54, 1.807) is 11.2 Å². The molecule has 0 bridgehead atoms. The quantitative estimate of drug-likeness (QED) is 0.526. The van der Waals surface area contributed by atoms with Gasteiger partial charge in [0.25, 0.3) is 5.91 Å². The van der Waals surface area contributed by atoms with Crippen molar-refractivity contribution in [2.45, 2.75) is 12.6 Å². The summed E-state index contributed by atoms with van der Waals surface area (Å²) in [5, 5.41) is 2.62. The molecule has 0 spiro atoms. The van der Waals surface area contributed by atoms with Gasteiger partial charge in [-0.2, -0.15) is 0 Å². The first-order valence-electron chi connectivity index (χ1n) is 8.22. The van der Waals surface area contributed by atoms with Crippen LogP contribution >= 0.6 is 0 Å². The summed E-state index contributed by atoms with van der Waals surface area (Å²) in [4.78, 5) is 41.5. The Bertz CT molecular complexity index is 632. The molecule has 2 aliphatic rings. The molecule has 0 aliphatic carbocycles. The van der Waals surface area contributed by atoms with Crippen LogP contribution in [-0.4, -0.2) is 85.0 Å². The summed E-state index contributed by atoms with van der Waals surface area (Å²) in [6, 6.07) is 2.77. The van der Waals surface area contributed by atoms with Gasteiger partial charge >= 0.3 is 6.03 Å². The second-order valence-electron chi connectivity index (χ2n) is 6.07. The van der Waals surface area contributed by atoms with E-state index in [0.717, 1.165) is 10.7 Å². The summed E-state index contributed by atoms with van der Waals surface area (Å²) in [6.45, 7) is 2.61. The van der Waals surface area contributed by atoms with Crippen molar-refractivity contribution in [2.75, 3.05) is 46.4 Å². The molecule has 0 radical (unpaired) electrons. The number of carbonyl (C=O) groups is 3. The minimum atomic E-state index is -0.539. The number of fused-ring (bicyclic) bond motifs is 1. The number of urea groups is 1. The van der Waals surface area contributed by atoms with Gasteiger partial charge in [0.15, 0.2) is 0 Å². The van der Waals surface area contributed by atoms with Crippen LogP contribution in [0.1, 0.15) is 5.76 Å². The van der Waals surface area contributed by atoms with E-state index in [0.29, 0.717) is 39.3 Å². The van der Waals surface area contributed by atoms with E-state index in [9.17, 15) is 14.4 Å². The largest absolute Gasteiger partial charge is 0.468 e. The monoisotopic (exact) mass is 350 g/mol. The van der Waals surface area contributed by atoms with Gasteiger partial charge in [0, 0.05) is 33.3 Å². The van der Waals surface area contributed by atoms with Gasteiger partial charge in [0.1, 0.15) is 18.3 Å². The number of furan rings is 1. The fourth-order valence-corrected chi connectivity index (χ4v) is 3.11. The van der Waals surface area contributed by atoms with Crippen LogP contribution in [-0.2, 0) is 20.9 Å². The molecule has 25 heavy (non-hydrogen) atoms. The lowest BCUT2D eigenvalue weighted by Gasteiger charge is -2.34. The summed E-state index contributed by atoms with van der Waals surface area (Å²) in [7, 11) is 1.53. The first-order valence-corrected chi connectivity index (χ1v) is 8.22. The molecule has 9 heteroatoms. The Morgan fingerprint density at radius 1 is 1.40 bits per heavy atom. The molecule has 3 rings (SSSR count). The molecule has 1 N–H and O–H groups in total. The van der Waals surface area contributed by atoms with Gasteiger partial charge in [0.2, 0.25) is 5.91 Å². The van der Waals surface area contributed by atoms with E-state index in [2.05, 4.69) is 10.2 Å². The molecule has 2 aliphatic heterocycles. The maximum absolute atomic E-state index is 12.6. The molecule has 1 aromatic rings. The van der Waals surface area contributed by atoms with Crippen LogP contribution in [0.25, 0.3) is 0 Å². The lowest BCUT2D eigenvalue weighted by molar-refractivity contribution is -0.133. The molecule has 1 aromatic heterocycles. The average Bonchev–Trinajstić information content (AvgIpc) is 3.18. The van der Waals surface area contributed by atoms with Gasteiger partial charge in [-0.1, -0.05) is 0 Å². The van der Waals surface area contributed by atoms with E-state index in [-0.39, 0.29) is 18.4 Å². The number of hydrogen-bond acceptors (Lipinski definition) is 6. The molecule has 2 saturated heterocycles. The van der Waals surface area contributed by atoms with E-state index < -0.39 is 12.1 Å². The van der Waals surface area contributed by atoms with Crippen molar-refractivity contribution in [3.8, 4) is 0 Å². The number of piperazine rings is 1. The Hall–Kier alpha value is -2.39. The third-order valence-electron chi connectivity index (χ3n) is 4.38. The number of hydrogen-bond donors (Lipinski definition) is 1. The highest BCUT2D eigenvalue weighted by Crippen LogP contribution is 2.23. The SMILES string of the molecule is COCCNC(=O)CN1C(=O)C2CN(Cc3ccco3)CCN2C1=O. The lowest BCUT2D eigenvalue weighted by Crippen LogP contribution is -2.52. The molecule has 1 unspecified atom stereocenters. The Labute approximate surface area is 145 Å². The van der Waals surface area contributed by atoms with Crippen LogP contribution in [0.4, 0.5) is 4.79 Å². The van der Waals surface area contributed by atoms with Gasteiger partial charge in [-0.3, -0.25) is 19.4 Å². The summed E-state index contributed by atoms with van der Waals surface area (Å²) in [5.41, 5.74) is 0. The minimum absolute atomic E-state index is 0.257. The predicted molar refractivity (Wildman–Crippen MR) is 86.5 cm³/mol. The highest BCUT2D eigenvalue weighted by Gasteiger charge is 2.48. The molecule has 3 heterocycles. The maximum Gasteiger partial charge on any atom is 0.328 e. The summed E-state index contributed by atoms with van der Waals surface area (Å²) < 4.78 is 10.2. The van der Waals surface area contributed by atoms with Crippen molar-refractivity contribution in [3.05, 3.63) is 24.2 Å². The maximum atomic E-state index is 12.6. The van der Waals surface area contributed by atoms with E-state index >= 15 is 0 Å². The van der Waals surface area contributed by atoms with Gasteiger partial charge < -0.3 is 19.4 Å². The minimum Gasteiger partial charge on any atom is -0.468 e. The van der Waals surface area contributed by atoms with E-state index in [4.69, 9.17) is 9.15 Å². The molecule has 0 aromatic carbocycles. The van der Waals surface area contributed by atoms with Crippen LogP contribution in [0.15, 0.2) is 22.8 Å². The Kier molecular flexibility index (Phi) is 5.34. The normalized spacial score (nSPS) is 20.9. The van der Waals surface area contributed by atoms with Crippen molar-refractivity contribution in [3.63, 3.8) is 0 Å². The number of nitrogens with zero attached hydrogens (tertiary/aromatic N) is 3. The first kappa shape index (κ1) is 17.4. The van der Waals surface area contributed by atoms with Gasteiger partial charge in [-0.25, -0.2) is 4.79 Å². The zero-order valence-corrected chi connectivity index (χ0v) is 14.1. The van der Waals surface area contributed by atoms with E-state index in [1.165, 1.54) is 7.11 Å². The molecular weight excluding hydrogens is 328 g/mol. The van der Waals surface area contributed by atoms with Gasteiger partial charge in [0.05, 0.1) is 19.4 Å². The Balaban J connectivity index is 1.57. The predicted octanol–water partition coefficient (Wildman–Crippen LogP) is -0.509. The van der Waals surface area contributed by atoms with Crippen LogP contribution in [0, 0.1) is 0 Å². The number of ether oxygens (including phenoxy) is 1. The Morgan fingerprint density at radius 2 is 2.24 bits per heavy atom. The van der Waals surface area contributed by atoms with Crippen LogP contribution in [0.3, 0.4) is 0 Å². The number of imide groups is 1. The highest BCUT2D eigenvalue weighted by molar-refractivity contribution is 6.06. The second-order valence-corrected chi connectivity index (χ2v) is 6.07. The van der Waals surface area contributed by atoms with Gasteiger partial charge in [-0.15, -0.1) is 0 Å². The van der Waals surface area contributed by atoms with Crippen molar-refractivity contribution in [2.24, 2.45) is 0 Å². The second kappa shape index (κ2) is 7.66. The first-order chi connectivity index (χ1) is 12.1. The third kappa shape index (κ3) is 3.83. The topological polar surface area (TPSA) is 95.3 Å². The summed E-state index contributed by atoms with van der Waals surface area (Å²) in [5.74, 6) is 0.127. The van der Waals surface area contributed by atoms with Crippen LogP contribution in [0.2, 0.25) is 0 Å². The average molecular weight is 350 g/mol. The number of methoxy groups -OCH3 is 1. The molecule has 4 amide bonds. The lowest BCUT2D eigenvalue weighted by atomic mass is 10.2. The molecule has 2 fully saturated rings. The number of carbonyl (C=O) groups excluding carboxylic acids is 3. The zero-order valence-electron chi connectivity index (χ0n) is 14.1. The Morgan fingerprint density at radius 3 is 2.96 bits per heavy atom. The smallest absolute Gasteiger partial charge is 0.328 e. The fourth-order valence-electron chi connectivity index (χ4n) is 3.11. The van der Waals surface area contributed by atoms with Crippen LogP contribution in [0.5, 0.6) is 0 Å². The highest BCUT2D eigenvalue weighted by atomic mass is 16.5. The molecule has 0 saturated carbocycles. The van der Waals surface area contributed by atoms with E-state index in [1.807, 2.05) is 12.1 Å². The molecule has 9 nitrogen and oxygen atoms in total. The molecule has 1 atom stereocenters. The third-order valence-corrected chi connectivity index (χ3v) is 4.38. The fraction of sp³-hybridized carbons (Fsp3) is 0.562. The summed E-state index contributed by atoms with van der Waals surface area (Å²) >= 11 is 0. The van der Waals surface area contributed by atoms with Crippen molar-refractivity contribution < 1.29 is 23.5 Å². The molecule has 136 valence electrons. The number of rotatable bonds is 7. The zero-order chi connectivity index (χ0) is 17.8. The standard InChI is InChI=1S/C16H22N4O5/c1-24-8-4-17-14(21)11-20-15(22)13-10-18(5-6-19(13)16(20)23)9-12-3-2-7-25-12/h2-3,7,13H,4-6,8-11H2,1H3,(H,17,21). The molecular formula is C16H22N4O5. The van der Waals surface area contributed by atoms with Crippen molar-refractivity contribution in [1.29, 1.82) is 0 Å². The number of amides is 4. The van der Waals surface area contributed by atoms with Crippen LogP contribution < -0.4 is 5.32 Å². The summed E-state index contributed by atoms with van der Waals surface area (Å²) in [6.07, 6.45) is 1.61. The van der Waals surface area contributed by atoms with Gasteiger partial charge in [-0.05, 0) is 12.1 Å². The van der Waals surface area contributed by atoms with Crippen molar-refractivity contribution >= 4 is 17.8 Å². The number of nitrogens with one attached hydrogen (secondary N) is 1.